The Morgan fingerprint density at radius 1 is 1.13 bits per heavy atom. The summed E-state index contributed by atoms with van der Waals surface area (Å²) in [6.45, 7) is 5.81. The van der Waals surface area contributed by atoms with Gasteiger partial charge in [-0.2, -0.15) is 0 Å². The van der Waals surface area contributed by atoms with E-state index in [-0.39, 0.29) is 6.04 Å². The zero-order valence-electron chi connectivity index (χ0n) is 17.6. The van der Waals surface area contributed by atoms with Crippen LogP contribution in [0.1, 0.15) is 30.6 Å². The lowest BCUT2D eigenvalue weighted by Crippen LogP contribution is -2.54. The van der Waals surface area contributed by atoms with Crippen LogP contribution in [0.4, 0.5) is 10.5 Å². The number of amides is 1. The number of ether oxygens (including phenoxy) is 2. The quantitative estimate of drug-likeness (QED) is 0.719. The molecule has 2 aromatic carbocycles. The van der Waals surface area contributed by atoms with Crippen molar-refractivity contribution in [1.29, 1.82) is 0 Å². The minimum atomic E-state index is -0.913. The third-order valence-electron chi connectivity index (χ3n) is 5.43. The number of nitrogens with zero attached hydrogens (tertiary/aromatic N) is 2. The molecule has 0 spiro atoms. The van der Waals surface area contributed by atoms with Crippen molar-refractivity contribution in [3.05, 3.63) is 48.0 Å². The van der Waals surface area contributed by atoms with Gasteiger partial charge in [0.15, 0.2) is 0 Å². The Balaban J connectivity index is 2.02. The van der Waals surface area contributed by atoms with Gasteiger partial charge in [-0.3, -0.25) is 0 Å². The molecule has 0 saturated carbocycles. The summed E-state index contributed by atoms with van der Waals surface area (Å²) in [6, 6.07) is 13.4. The first-order valence-corrected chi connectivity index (χ1v) is 10.2. The van der Waals surface area contributed by atoms with Gasteiger partial charge in [0.25, 0.3) is 0 Å². The van der Waals surface area contributed by atoms with Crippen LogP contribution in [0.25, 0.3) is 11.1 Å². The lowest BCUT2D eigenvalue weighted by molar-refractivity contribution is 0.0600. The number of benzene rings is 2. The average Bonchev–Trinajstić information content (AvgIpc) is 2.78. The van der Waals surface area contributed by atoms with Crippen molar-refractivity contribution >= 4 is 17.7 Å². The standard InChI is InChI=1S/C23H28N2O5/c1-4-17-15-24(23(27)28)12-13-25(17)20-11-10-16(14-19(20)22(26)29-3)18-8-6-7-9-21(18)30-5-2/h6-11,14,17H,4-5,12-13,15H2,1-3H3,(H,27,28)/t17-/m1/s1. The highest BCUT2D eigenvalue weighted by Crippen LogP contribution is 2.35. The molecule has 0 bridgehead atoms. The Bertz CT molecular complexity index is 914. The minimum Gasteiger partial charge on any atom is -0.493 e. The van der Waals surface area contributed by atoms with Crippen molar-refractivity contribution in [3.8, 4) is 16.9 Å². The van der Waals surface area contributed by atoms with Crippen molar-refractivity contribution in [2.75, 3.05) is 38.3 Å². The molecule has 1 heterocycles. The van der Waals surface area contributed by atoms with Crippen LogP contribution in [0.3, 0.4) is 0 Å². The van der Waals surface area contributed by atoms with Crippen LogP contribution in [0.15, 0.2) is 42.5 Å². The third-order valence-corrected chi connectivity index (χ3v) is 5.43. The van der Waals surface area contributed by atoms with Crippen LogP contribution in [0.2, 0.25) is 0 Å². The van der Waals surface area contributed by atoms with E-state index < -0.39 is 12.1 Å². The number of methoxy groups -OCH3 is 1. The second-order valence-corrected chi connectivity index (χ2v) is 7.14. The van der Waals surface area contributed by atoms with E-state index in [0.717, 1.165) is 29.0 Å². The van der Waals surface area contributed by atoms with E-state index in [0.29, 0.717) is 31.8 Å². The van der Waals surface area contributed by atoms with Crippen molar-refractivity contribution in [3.63, 3.8) is 0 Å². The summed E-state index contributed by atoms with van der Waals surface area (Å²) < 4.78 is 10.8. The first-order valence-electron chi connectivity index (χ1n) is 10.2. The van der Waals surface area contributed by atoms with Gasteiger partial charge in [0.05, 0.1) is 25.0 Å². The molecule has 1 amide bonds. The smallest absolute Gasteiger partial charge is 0.407 e. The summed E-state index contributed by atoms with van der Waals surface area (Å²) in [6.07, 6.45) is -0.150. The largest absolute Gasteiger partial charge is 0.493 e. The molecule has 7 heteroatoms. The summed E-state index contributed by atoms with van der Waals surface area (Å²) in [7, 11) is 1.37. The molecule has 7 nitrogen and oxygen atoms in total. The zero-order valence-corrected chi connectivity index (χ0v) is 17.6. The number of carbonyl (C=O) groups excluding carboxylic acids is 1. The SMILES string of the molecule is CCOc1ccccc1-c1ccc(N2CCN(C(=O)O)C[C@H]2CC)c(C(=O)OC)c1. The summed E-state index contributed by atoms with van der Waals surface area (Å²) in [5, 5.41) is 9.34. The number of rotatable bonds is 6. The fourth-order valence-corrected chi connectivity index (χ4v) is 3.91. The predicted molar refractivity (Wildman–Crippen MR) is 115 cm³/mol. The van der Waals surface area contributed by atoms with Crippen molar-refractivity contribution < 1.29 is 24.2 Å². The van der Waals surface area contributed by atoms with Gasteiger partial charge in [-0.15, -0.1) is 0 Å². The monoisotopic (exact) mass is 412 g/mol. The van der Waals surface area contributed by atoms with Gasteiger partial charge in [0, 0.05) is 31.2 Å². The molecular formula is C23H28N2O5. The number of hydrogen-bond donors (Lipinski definition) is 1. The molecule has 1 aliphatic heterocycles. The van der Waals surface area contributed by atoms with Gasteiger partial charge in [0.2, 0.25) is 0 Å². The maximum Gasteiger partial charge on any atom is 0.407 e. The van der Waals surface area contributed by atoms with Crippen LogP contribution in [-0.2, 0) is 4.74 Å². The third kappa shape index (κ3) is 4.35. The van der Waals surface area contributed by atoms with Crippen LogP contribution in [0, 0.1) is 0 Å². The number of carboxylic acid groups (broad SMARTS) is 1. The Morgan fingerprint density at radius 2 is 1.90 bits per heavy atom. The summed E-state index contributed by atoms with van der Waals surface area (Å²) in [4.78, 5) is 27.6. The highest BCUT2D eigenvalue weighted by Gasteiger charge is 2.31. The number of hydrogen-bond acceptors (Lipinski definition) is 5. The first kappa shape index (κ1) is 21.5. The van der Waals surface area contributed by atoms with E-state index in [1.54, 1.807) is 0 Å². The van der Waals surface area contributed by atoms with Gasteiger partial charge in [-0.1, -0.05) is 31.2 Å². The van der Waals surface area contributed by atoms with E-state index in [1.165, 1.54) is 12.0 Å². The highest BCUT2D eigenvalue weighted by atomic mass is 16.5. The number of esters is 1. The Hall–Kier alpha value is -3.22. The molecule has 1 saturated heterocycles. The maximum absolute atomic E-state index is 12.7. The Kier molecular flexibility index (Phi) is 6.82. The molecule has 1 atom stereocenters. The van der Waals surface area contributed by atoms with Crippen LogP contribution in [0.5, 0.6) is 5.75 Å². The van der Waals surface area contributed by atoms with Gasteiger partial charge in [-0.05, 0) is 37.1 Å². The second kappa shape index (κ2) is 9.52. The molecule has 0 aliphatic carbocycles. The first-order chi connectivity index (χ1) is 14.5. The summed E-state index contributed by atoms with van der Waals surface area (Å²) in [5.41, 5.74) is 2.99. The van der Waals surface area contributed by atoms with E-state index in [9.17, 15) is 14.7 Å². The summed E-state index contributed by atoms with van der Waals surface area (Å²) in [5.74, 6) is 0.335. The number of piperazine rings is 1. The molecule has 0 unspecified atom stereocenters. The van der Waals surface area contributed by atoms with Gasteiger partial charge >= 0.3 is 12.1 Å². The Morgan fingerprint density at radius 3 is 2.57 bits per heavy atom. The van der Waals surface area contributed by atoms with Crippen LogP contribution in [-0.4, -0.2) is 61.5 Å². The minimum absolute atomic E-state index is 0.0141. The number of carbonyl (C=O) groups is 2. The average molecular weight is 412 g/mol. The lowest BCUT2D eigenvalue weighted by atomic mass is 9.98. The van der Waals surface area contributed by atoms with Crippen LogP contribution < -0.4 is 9.64 Å². The second-order valence-electron chi connectivity index (χ2n) is 7.14. The zero-order chi connectivity index (χ0) is 21.7. The van der Waals surface area contributed by atoms with Crippen molar-refractivity contribution in [2.24, 2.45) is 0 Å². The molecule has 1 N–H and O–H groups in total. The van der Waals surface area contributed by atoms with Gasteiger partial charge in [0.1, 0.15) is 5.75 Å². The van der Waals surface area contributed by atoms with Crippen molar-refractivity contribution in [2.45, 2.75) is 26.3 Å². The molecule has 30 heavy (non-hydrogen) atoms. The highest BCUT2D eigenvalue weighted by molar-refractivity contribution is 5.98. The fourth-order valence-electron chi connectivity index (χ4n) is 3.91. The van der Waals surface area contributed by atoms with Gasteiger partial charge < -0.3 is 24.4 Å². The molecule has 0 radical (unpaired) electrons. The fraction of sp³-hybridized carbons (Fsp3) is 0.391. The normalized spacial score (nSPS) is 16.3. The molecular weight excluding hydrogens is 384 g/mol. The van der Waals surface area contributed by atoms with E-state index >= 15 is 0 Å². The van der Waals surface area contributed by atoms with Gasteiger partial charge in [-0.25, -0.2) is 9.59 Å². The van der Waals surface area contributed by atoms with E-state index in [1.807, 2.05) is 56.3 Å². The summed E-state index contributed by atoms with van der Waals surface area (Å²) >= 11 is 0. The Labute approximate surface area is 176 Å². The lowest BCUT2D eigenvalue weighted by Gasteiger charge is -2.42. The maximum atomic E-state index is 12.7. The number of anilines is 1. The molecule has 3 rings (SSSR count). The molecule has 0 aromatic heterocycles. The van der Waals surface area contributed by atoms with E-state index in [2.05, 4.69) is 4.90 Å². The molecule has 1 fully saturated rings. The van der Waals surface area contributed by atoms with Crippen molar-refractivity contribution in [1.82, 2.24) is 4.90 Å². The molecule has 2 aromatic rings. The van der Waals surface area contributed by atoms with Crippen LogP contribution >= 0.6 is 0 Å². The number of para-hydroxylation sites is 1. The predicted octanol–water partition coefficient (Wildman–Crippen LogP) is 4.12. The van der Waals surface area contributed by atoms with E-state index in [4.69, 9.17) is 9.47 Å². The topological polar surface area (TPSA) is 79.3 Å². The molecule has 1 aliphatic rings. The molecule has 160 valence electrons.